The molecule has 0 bridgehead atoms. The summed E-state index contributed by atoms with van der Waals surface area (Å²) >= 11 is 0. The lowest BCUT2D eigenvalue weighted by atomic mass is 9.76. The summed E-state index contributed by atoms with van der Waals surface area (Å²) in [7, 11) is 0. The number of carboxylic acids is 1. The van der Waals surface area contributed by atoms with E-state index in [1.165, 1.54) is 5.56 Å². The summed E-state index contributed by atoms with van der Waals surface area (Å²) in [4.78, 5) is 11.6. The molecule has 0 aliphatic carbocycles. The highest BCUT2D eigenvalue weighted by Crippen LogP contribution is 2.35. The third-order valence-electron chi connectivity index (χ3n) is 4.10. The van der Waals surface area contributed by atoms with E-state index in [0.717, 1.165) is 44.9 Å². The molecule has 1 atom stereocenters. The van der Waals surface area contributed by atoms with Crippen molar-refractivity contribution in [1.82, 2.24) is 0 Å². The standard InChI is InChI=1S/C17H26O2/c1-3-5-13-17(4-2,16(18)19)14-9-12-15-10-7-6-8-11-15/h6-8,10-11H,3-5,9,12-14H2,1-2H3,(H,18,19). The highest BCUT2D eigenvalue weighted by molar-refractivity contribution is 5.74. The van der Waals surface area contributed by atoms with Crippen molar-refractivity contribution in [2.24, 2.45) is 5.41 Å². The van der Waals surface area contributed by atoms with Crippen LogP contribution in [0.15, 0.2) is 30.3 Å². The molecule has 19 heavy (non-hydrogen) atoms. The van der Waals surface area contributed by atoms with E-state index >= 15 is 0 Å². The van der Waals surface area contributed by atoms with E-state index in [0.29, 0.717) is 0 Å². The predicted octanol–water partition coefficient (Wildman–Crippen LogP) is 4.68. The lowest BCUT2D eigenvalue weighted by Gasteiger charge is -2.28. The molecule has 0 amide bonds. The summed E-state index contributed by atoms with van der Waals surface area (Å²) in [6.07, 6.45) is 6.32. The summed E-state index contributed by atoms with van der Waals surface area (Å²) in [5.74, 6) is -0.614. The first kappa shape index (κ1) is 15.7. The van der Waals surface area contributed by atoms with Gasteiger partial charge in [-0.1, -0.05) is 57.0 Å². The van der Waals surface area contributed by atoms with E-state index in [9.17, 15) is 9.90 Å². The normalized spacial score (nSPS) is 14.0. The molecule has 0 spiro atoms. The fraction of sp³-hybridized carbons (Fsp3) is 0.588. The Morgan fingerprint density at radius 1 is 1.11 bits per heavy atom. The Kier molecular flexibility index (Phi) is 6.61. The SMILES string of the molecule is CCCCC(CC)(CCCc1ccccc1)C(=O)O. The molecular weight excluding hydrogens is 236 g/mol. The van der Waals surface area contributed by atoms with Gasteiger partial charge >= 0.3 is 5.97 Å². The molecule has 1 aromatic carbocycles. The van der Waals surface area contributed by atoms with Crippen LogP contribution in [0, 0.1) is 5.41 Å². The minimum atomic E-state index is -0.614. The largest absolute Gasteiger partial charge is 0.481 e. The number of carbonyl (C=O) groups is 1. The molecule has 1 rings (SSSR count). The van der Waals surface area contributed by atoms with E-state index in [1.807, 2.05) is 25.1 Å². The maximum absolute atomic E-state index is 11.6. The fourth-order valence-electron chi connectivity index (χ4n) is 2.63. The van der Waals surface area contributed by atoms with Crippen LogP contribution in [-0.4, -0.2) is 11.1 Å². The first-order valence-corrected chi connectivity index (χ1v) is 7.42. The first-order valence-electron chi connectivity index (χ1n) is 7.42. The zero-order chi connectivity index (χ0) is 14.1. The topological polar surface area (TPSA) is 37.3 Å². The molecule has 1 aromatic rings. The quantitative estimate of drug-likeness (QED) is 0.701. The van der Waals surface area contributed by atoms with Crippen molar-refractivity contribution in [1.29, 1.82) is 0 Å². The fourth-order valence-corrected chi connectivity index (χ4v) is 2.63. The zero-order valence-corrected chi connectivity index (χ0v) is 12.2. The van der Waals surface area contributed by atoms with Crippen LogP contribution in [0.2, 0.25) is 0 Å². The van der Waals surface area contributed by atoms with Crippen LogP contribution >= 0.6 is 0 Å². The molecule has 2 nitrogen and oxygen atoms in total. The van der Waals surface area contributed by atoms with Crippen molar-refractivity contribution in [3.8, 4) is 0 Å². The van der Waals surface area contributed by atoms with Crippen molar-refractivity contribution >= 4 is 5.97 Å². The smallest absolute Gasteiger partial charge is 0.309 e. The molecule has 0 aromatic heterocycles. The molecule has 2 heteroatoms. The van der Waals surface area contributed by atoms with Gasteiger partial charge < -0.3 is 5.11 Å². The lowest BCUT2D eigenvalue weighted by Crippen LogP contribution is -2.30. The molecular formula is C17H26O2. The molecule has 0 aliphatic rings. The first-order chi connectivity index (χ1) is 9.14. The van der Waals surface area contributed by atoms with Crippen molar-refractivity contribution in [2.75, 3.05) is 0 Å². The highest BCUT2D eigenvalue weighted by atomic mass is 16.4. The van der Waals surface area contributed by atoms with Crippen LogP contribution in [0.4, 0.5) is 0 Å². The summed E-state index contributed by atoms with van der Waals surface area (Å²) in [5, 5.41) is 9.55. The summed E-state index contributed by atoms with van der Waals surface area (Å²) in [6.45, 7) is 4.12. The van der Waals surface area contributed by atoms with Crippen LogP contribution in [0.5, 0.6) is 0 Å². The van der Waals surface area contributed by atoms with Crippen molar-refractivity contribution < 1.29 is 9.90 Å². The summed E-state index contributed by atoms with van der Waals surface area (Å²) in [6, 6.07) is 10.3. The zero-order valence-electron chi connectivity index (χ0n) is 12.2. The Bertz CT molecular complexity index is 372. The Morgan fingerprint density at radius 2 is 1.74 bits per heavy atom. The number of hydrogen-bond acceptors (Lipinski definition) is 1. The van der Waals surface area contributed by atoms with Crippen molar-refractivity contribution in [3.05, 3.63) is 35.9 Å². The molecule has 0 radical (unpaired) electrons. The highest BCUT2D eigenvalue weighted by Gasteiger charge is 2.35. The van der Waals surface area contributed by atoms with Gasteiger partial charge in [0.15, 0.2) is 0 Å². The van der Waals surface area contributed by atoms with Gasteiger partial charge in [-0.3, -0.25) is 4.79 Å². The second-order valence-corrected chi connectivity index (χ2v) is 5.38. The second-order valence-electron chi connectivity index (χ2n) is 5.38. The van der Waals surface area contributed by atoms with Gasteiger partial charge in [0.2, 0.25) is 0 Å². The molecule has 1 unspecified atom stereocenters. The predicted molar refractivity (Wildman–Crippen MR) is 79.3 cm³/mol. The maximum Gasteiger partial charge on any atom is 0.309 e. The summed E-state index contributed by atoms with van der Waals surface area (Å²) < 4.78 is 0. The van der Waals surface area contributed by atoms with Crippen molar-refractivity contribution in [3.63, 3.8) is 0 Å². The van der Waals surface area contributed by atoms with Crippen LogP contribution < -0.4 is 0 Å². The van der Waals surface area contributed by atoms with Gasteiger partial charge in [0, 0.05) is 0 Å². The van der Waals surface area contributed by atoms with Crippen LogP contribution in [0.3, 0.4) is 0 Å². The molecule has 1 N–H and O–H groups in total. The third-order valence-corrected chi connectivity index (χ3v) is 4.10. The van der Waals surface area contributed by atoms with Gasteiger partial charge in [-0.15, -0.1) is 0 Å². The number of carboxylic acid groups (broad SMARTS) is 1. The molecule has 106 valence electrons. The Balaban J connectivity index is 2.55. The molecule has 0 fully saturated rings. The molecule has 0 heterocycles. The number of aliphatic carboxylic acids is 1. The van der Waals surface area contributed by atoms with E-state index in [2.05, 4.69) is 19.1 Å². The van der Waals surface area contributed by atoms with Gasteiger partial charge in [-0.05, 0) is 37.7 Å². The van der Waals surface area contributed by atoms with Gasteiger partial charge in [0.05, 0.1) is 5.41 Å². The average molecular weight is 262 g/mol. The van der Waals surface area contributed by atoms with Gasteiger partial charge in [-0.2, -0.15) is 0 Å². The monoisotopic (exact) mass is 262 g/mol. The van der Waals surface area contributed by atoms with Gasteiger partial charge in [0.25, 0.3) is 0 Å². The Labute approximate surface area is 116 Å². The maximum atomic E-state index is 11.6. The molecule has 0 aliphatic heterocycles. The number of aryl methyl sites for hydroxylation is 1. The van der Waals surface area contributed by atoms with E-state index in [4.69, 9.17) is 0 Å². The second kappa shape index (κ2) is 7.98. The number of rotatable bonds is 9. The summed E-state index contributed by atoms with van der Waals surface area (Å²) in [5.41, 5.74) is 0.790. The average Bonchev–Trinajstić information content (AvgIpc) is 2.43. The number of benzene rings is 1. The molecule has 0 saturated heterocycles. The Morgan fingerprint density at radius 3 is 2.26 bits per heavy atom. The minimum Gasteiger partial charge on any atom is -0.481 e. The van der Waals surface area contributed by atoms with E-state index < -0.39 is 11.4 Å². The lowest BCUT2D eigenvalue weighted by molar-refractivity contribution is -0.150. The number of unbranched alkanes of at least 4 members (excludes halogenated alkanes) is 1. The van der Waals surface area contributed by atoms with Crippen LogP contribution in [-0.2, 0) is 11.2 Å². The van der Waals surface area contributed by atoms with Gasteiger partial charge in [-0.25, -0.2) is 0 Å². The number of hydrogen-bond donors (Lipinski definition) is 1. The van der Waals surface area contributed by atoms with Gasteiger partial charge in [0.1, 0.15) is 0 Å². The van der Waals surface area contributed by atoms with Crippen LogP contribution in [0.1, 0.15) is 57.9 Å². The molecule has 0 saturated carbocycles. The van der Waals surface area contributed by atoms with Crippen molar-refractivity contribution in [2.45, 2.75) is 58.8 Å². The minimum absolute atomic E-state index is 0.509. The third kappa shape index (κ3) is 4.70. The van der Waals surface area contributed by atoms with E-state index in [-0.39, 0.29) is 0 Å². The van der Waals surface area contributed by atoms with E-state index in [1.54, 1.807) is 0 Å². The Hall–Kier alpha value is -1.31. The van der Waals surface area contributed by atoms with Crippen LogP contribution in [0.25, 0.3) is 0 Å².